The van der Waals surface area contributed by atoms with Gasteiger partial charge < -0.3 is 4.74 Å². The number of rotatable bonds is 10. The molecular formula is C20H42N2OSi. The van der Waals surface area contributed by atoms with Crippen LogP contribution in [0.1, 0.15) is 72.6 Å². The Morgan fingerprint density at radius 2 is 1.96 bits per heavy atom. The van der Waals surface area contributed by atoms with E-state index >= 15 is 0 Å². The van der Waals surface area contributed by atoms with Crippen LogP contribution in [0.5, 0.6) is 0 Å². The Kier molecular flexibility index (Phi) is 9.00. The predicted molar refractivity (Wildman–Crippen MR) is 110 cm³/mol. The van der Waals surface area contributed by atoms with E-state index in [2.05, 4.69) is 52.0 Å². The minimum absolute atomic E-state index is 0.408. The highest BCUT2D eigenvalue weighted by molar-refractivity contribution is 6.83. The van der Waals surface area contributed by atoms with Gasteiger partial charge in [-0.3, -0.25) is 5.01 Å². The van der Waals surface area contributed by atoms with E-state index < -0.39 is 8.07 Å². The van der Waals surface area contributed by atoms with Crippen LogP contribution < -0.4 is 0 Å². The van der Waals surface area contributed by atoms with Gasteiger partial charge in [-0.25, -0.2) is 0 Å². The van der Waals surface area contributed by atoms with Gasteiger partial charge in [0.15, 0.2) is 0 Å². The molecule has 0 spiro atoms. The predicted octanol–water partition coefficient (Wildman–Crippen LogP) is 5.93. The van der Waals surface area contributed by atoms with Crippen LogP contribution in [0.4, 0.5) is 0 Å². The summed E-state index contributed by atoms with van der Waals surface area (Å²) in [6, 6.07) is 0.478. The molecule has 4 heteroatoms. The van der Waals surface area contributed by atoms with Crippen molar-refractivity contribution in [3.63, 3.8) is 0 Å². The van der Waals surface area contributed by atoms with Crippen LogP contribution >= 0.6 is 0 Å². The summed E-state index contributed by atoms with van der Waals surface area (Å²) in [6.07, 6.45) is 11.5. The Bertz CT molecular complexity index is 376. The van der Waals surface area contributed by atoms with E-state index in [1.807, 2.05) is 0 Å². The van der Waals surface area contributed by atoms with Crippen molar-refractivity contribution in [2.45, 2.75) is 102 Å². The average Bonchev–Trinajstić information content (AvgIpc) is 2.93. The average molecular weight is 355 g/mol. The zero-order valence-corrected chi connectivity index (χ0v) is 18.4. The molecule has 0 unspecified atom stereocenters. The van der Waals surface area contributed by atoms with Crippen LogP contribution in [-0.2, 0) is 4.74 Å². The van der Waals surface area contributed by atoms with Crippen molar-refractivity contribution in [2.24, 2.45) is 5.10 Å². The van der Waals surface area contributed by atoms with Crippen LogP contribution in [0.25, 0.3) is 0 Å². The fourth-order valence-corrected chi connectivity index (χ4v) is 5.95. The minimum atomic E-state index is -1.41. The van der Waals surface area contributed by atoms with E-state index in [-0.39, 0.29) is 0 Å². The minimum Gasteiger partial charge on any atom is -0.382 e. The zero-order chi connectivity index (χ0) is 18.2. The number of methoxy groups -OCH3 is 1. The summed E-state index contributed by atoms with van der Waals surface area (Å²) in [6.45, 7) is 16.6. The lowest BCUT2D eigenvalue weighted by Crippen LogP contribution is -2.43. The first-order valence-corrected chi connectivity index (χ1v) is 13.1. The summed E-state index contributed by atoms with van der Waals surface area (Å²) < 4.78 is 5.37. The summed E-state index contributed by atoms with van der Waals surface area (Å²) in [5.74, 6) is 0. The summed E-state index contributed by atoms with van der Waals surface area (Å²) in [5.41, 5.74) is 0.665. The van der Waals surface area contributed by atoms with E-state index in [9.17, 15) is 0 Å². The molecule has 1 aliphatic heterocycles. The van der Waals surface area contributed by atoms with Gasteiger partial charge in [0.1, 0.15) is 0 Å². The molecule has 0 aromatic carbocycles. The monoisotopic (exact) mass is 354 g/mol. The van der Waals surface area contributed by atoms with Crippen molar-refractivity contribution >= 4 is 14.3 Å². The highest BCUT2D eigenvalue weighted by Crippen LogP contribution is 2.44. The second kappa shape index (κ2) is 9.96. The molecule has 24 heavy (non-hydrogen) atoms. The maximum Gasteiger partial charge on any atom is 0.0704 e. The molecule has 1 rings (SSSR count). The van der Waals surface area contributed by atoms with Crippen LogP contribution in [0.15, 0.2) is 5.10 Å². The first kappa shape index (κ1) is 21.7. The smallest absolute Gasteiger partial charge is 0.0704 e. The third-order valence-corrected chi connectivity index (χ3v) is 12.5. The van der Waals surface area contributed by atoms with Crippen molar-refractivity contribution in [2.75, 3.05) is 20.3 Å². The zero-order valence-electron chi connectivity index (χ0n) is 17.4. The van der Waals surface area contributed by atoms with Gasteiger partial charge in [0.2, 0.25) is 0 Å². The molecule has 142 valence electrons. The molecule has 0 aliphatic carbocycles. The molecule has 1 saturated heterocycles. The van der Waals surface area contributed by atoms with Crippen LogP contribution in [0.2, 0.25) is 23.7 Å². The number of hydrazone groups is 1. The van der Waals surface area contributed by atoms with Crippen molar-refractivity contribution in [1.29, 1.82) is 0 Å². The summed E-state index contributed by atoms with van der Waals surface area (Å²) in [4.78, 5) is 0. The Morgan fingerprint density at radius 3 is 2.54 bits per heavy atom. The van der Waals surface area contributed by atoms with Gasteiger partial charge in [-0.15, -0.1) is 0 Å². The largest absolute Gasteiger partial charge is 0.382 e. The summed E-state index contributed by atoms with van der Waals surface area (Å²) >= 11 is 0. The number of nitrogens with zero attached hydrogens (tertiary/aromatic N) is 2. The normalized spacial score (nSPS) is 21.0. The van der Waals surface area contributed by atoms with Crippen molar-refractivity contribution in [1.82, 2.24) is 5.01 Å². The Morgan fingerprint density at radius 1 is 1.25 bits per heavy atom. The molecule has 0 N–H and O–H groups in total. The van der Waals surface area contributed by atoms with Gasteiger partial charge in [0.25, 0.3) is 0 Å². The van der Waals surface area contributed by atoms with Crippen LogP contribution in [0.3, 0.4) is 0 Å². The van der Waals surface area contributed by atoms with Crippen LogP contribution in [-0.4, -0.2) is 45.6 Å². The maximum atomic E-state index is 5.37. The molecular weight excluding hydrogens is 312 g/mol. The highest BCUT2D eigenvalue weighted by Gasteiger charge is 2.41. The fourth-order valence-electron chi connectivity index (χ4n) is 3.47. The lowest BCUT2D eigenvalue weighted by Gasteiger charge is -2.42. The Labute approximate surface area is 152 Å². The second-order valence-corrected chi connectivity index (χ2v) is 14.8. The number of unbranched alkanes of at least 4 members (excludes halogenated alkanes) is 3. The SMILES string of the molecule is CCCCCC[C@H](C=NN1CCC[C@H]1COC)[Si](C)(C)C(C)(C)C. The van der Waals surface area contributed by atoms with E-state index in [1.165, 1.54) is 44.9 Å². The maximum absolute atomic E-state index is 5.37. The Balaban J connectivity index is 2.78. The third kappa shape index (κ3) is 6.18. The lowest BCUT2D eigenvalue weighted by molar-refractivity contribution is 0.118. The number of hydrogen-bond acceptors (Lipinski definition) is 3. The quantitative estimate of drug-likeness (QED) is 0.276. The van der Waals surface area contributed by atoms with Crippen molar-refractivity contribution in [3.8, 4) is 0 Å². The van der Waals surface area contributed by atoms with Gasteiger partial charge >= 0.3 is 0 Å². The first-order valence-electron chi connectivity index (χ1n) is 10.0. The standard InChI is InChI=1S/C20H42N2OSi/c1-8-9-10-11-14-19(24(6,7)20(2,3)4)16-21-22-15-12-13-18(22)17-23-5/h16,18-19H,8-15,17H2,1-7H3/t18-,19+/m0/s1. The van der Waals surface area contributed by atoms with E-state index in [0.29, 0.717) is 16.6 Å². The third-order valence-electron chi connectivity index (χ3n) is 6.33. The fraction of sp³-hybridized carbons (Fsp3) is 0.950. The van der Waals surface area contributed by atoms with Crippen molar-refractivity contribution in [3.05, 3.63) is 0 Å². The molecule has 0 bridgehead atoms. The molecule has 0 amide bonds. The molecule has 0 saturated carbocycles. The molecule has 0 aromatic rings. The molecule has 1 aliphatic rings. The van der Waals surface area contributed by atoms with Gasteiger partial charge in [-0.1, -0.05) is 66.5 Å². The lowest BCUT2D eigenvalue weighted by atomic mass is 10.1. The number of ether oxygens (including phenoxy) is 1. The van der Waals surface area contributed by atoms with Gasteiger partial charge in [0, 0.05) is 19.9 Å². The van der Waals surface area contributed by atoms with Gasteiger partial charge in [0.05, 0.1) is 20.7 Å². The molecule has 1 fully saturated rings. The first-order chi connectivity index (χ1) is 11.2. The molecule has 0 aromatic heterocycles. The Hall–Kier alpha value is -0.353. The van der Waals surface area contributed by atoms with Crippen molar-refractivity contribution < 1.29 is 4.74 Å². The molecule has 0 radical (unpaired) electrons. The van der Waals surface area contributed by atoms with Gasteiger partial charge in [-0.2, -0.15) is 5.10 Å². The van der Waals surface area contributed by atoms with Crippen LogP contribution in [0, 0.1) is 0 Å². The molecule has 1 heterocycles. The summed E-state index contributed by atoms with van der Waals surface area (Å²) in [7, 11) is 0.384. The van der Waals surface area contributed by atoms with E-state index in [1.54, 1.807) is 7.11 Å². The summed E-state index contributed by atoms with van der Waals surface area (Å²) in [5, 5.41) is 7.66. The molecule has 2 atom stereocenters. The topological polar surface area (TPSA) is 24.8 Å². The number of hydrogen-bond donors (Lipinski definition) is 0. The van der Waals surface area contributed by atoms with Gasteiger partial charge in [-0.05, 0) is 29.8 Å². The van der Waals surface area contributed by atoms with E-state index in [0.717, 1.165) is 13.2 Å². The second-order valence-electron chi connectivity index (χ2n) is 9.11. The highest BCUT2D eigenvalue weighted by atomic mass is 28.3. The van der Waals surface area contributed by atoms with E-state index in [4.69, 9.17) is 9.84 Å². The molecule has 3 nitrogen and oxygen atoms in total.